The standard InChI is InChI=1S/C20H21N5O4/c26-19(14-28-15-4-2-1-3-5-15)25-10-6-16(7-11-25)27-13-18-23-20(24-29-18)17-12-21-8-9-22-17/h1-5,8-9,12,16H,6-7,10-11,13-14H2. The first-order valence-electron chi connectivity index (χ1n) is 9.44. The molecule has 3 heterocycles. The van der Waals surface area contributed by atoms with Gasteiger partial charge < -0.3 is 18.9 Å². The number of amides is 1. The van der Waals surface area contributed by atoms with Crippen LogP contribution in [0.3, 0.4) is 0 Å². The van der Waals surface area contributed by atoms with Gasteiger partial charge in [0.2, 0.25) is 5.82 Å². The zero-order valence-corrected chi connectivity index (χ0v) is 15.8. The van der Waals surface area contributed by atoms with E-state index in [0.29, 0.717) is 36.2 Å². The Labute approximate surface area is 167 Å². The zero-order valence-electron chi connectivity index (χ0n) is 15.8. The fraction of sp³-hybridized carbons (Fsp3) is 0.350. The van der Waals surface area contributed by atoms with Gasteiger partial charge >= 0.3 is 0 Å². The van der Waals surface area contributed by atoms with Gasteiger partial charge in [-0.2, -0.15) is 4.98 Å². The molecule has 4 rings (SSSR count). The summed E-state index contributed by atoms with van der Waals surface area (Å²) in [5.41, 5.74) is 0.548. The number of hydrogen-bond donors (Lipinski definition) is 0. The summed E-state index contributed by atoms with van der Waals surface area (Å²) in [7, 11) is 0. The van der Waals surface area contributed by atoms with Gasteiger partial charge in [0.25, 0.3) is 11.8 Å². The first-order valence-corrected chi connectivity index (χ1v) is 9.44. The number of benzene rings is 1. The Balaban J connectivity index is 1.19. The number of para-hydroxylation sites is 1. The highest BCUT2D eigenvalue weighted by atomic mass is 16.5. The van der Waals surface area contributed by atoms with Gasteiger partial charge in [-0.1, -0.05) is 23.4 Å². The molecule has 0 N–H and O–H groups in total. The smallest absolute Gasteiger partial charge is 0.260 e. The third kappa shape index (κ3) is 5.14. The van der Waals surface area contributed by atoms with E-state index in [9.17, 15) is 4.79 Å². The van der Waals surface area contributed by atoms with Crippen molar-refractivity contribution in [3.63, 3.8) is 0 Å². The molecule has 1 saturated heterocycles. The van der Waals surface area contributed by atoms with Gasteiger partial charge in [-0.3, -0.25) is 9.78 Å². The first-order chi connectivity index (χ1) is 14.3. The zero-order chi connectivity index (χ0) is 19.9. The average Bonchev–Trinajstić information content (AvgIpc) is 3.27. The summed E-state index contributed by atoms with van der Waals surface area (Å²) >= 11 is 0. The second-order valence-corrected chi connectivity index (χ2v) is 6.60. The Morgan fingerprint density at radius 1 is 1.17 bits per heavy atom. The summed E-state index contributed by atoms with van der Waals surface area (Å²) in [5, 5.41) is 3.90. The van der Waals surface area contributed by atoms with Crippen LogP contribution in [0.4, 0.5) is 0 Å². The van der Waals surface area contributed by atoms with Crippen molar-refractivity contribution in [1.29, 1.82) is 0 Å². The minimum Gasteiger partial charge on any atom is -0.484 e. The van der Waals surface area contributed by atoms with Gasteiger partial charge in [-0.15, -0.1) is 0 Å². The average molecular weight is 395 g/mol. The lowest BCUT2D eigenvalue weighted by Crippen LogP contribution is -2.42. The largest absolute Gasteiger partial charge is 0.484 e. The van der Waals surface area contributed by atoms with E-state index in [2.05, 4.69) is 20.1 Å². The maximum atomic E-state index is 12.3. The summed E-state index contributed by atoms with van der Waals surface area (Å²) in [4.78, 5) is 26.5. The molecule has 1 fully saturated rings. The highest BCUT2D eigenvalue weighted by Crippen LogP contribution is 2.17. The van der Waals surface area contributed by atoms with Crippen molar-refractivity contribution >= 4 is 5.91 Å². The number of aromatic nitrogens is 4. The van der Waals surface area contributed by atoms with Crippen LogP contribution in [-0.2, 0) is 16.1 Å². The summed E-state index contributed by atoms with van der Waals surface area (Å²) in [5.74, 6) is 1.45. The fourth-order valence-electron chi connectivity index (χ4n) is 3.05. The minimum atomic E-state index is -0.0159. The van der Waals surface area contributed by atoms with Crippen molar-refractivity contribution in [3.05, 3.63) is 54.8 Å². The second-order valence-electron chi connectivity index (χ2n) is 6.60. The topological polar surface area (TPSA) is 103 Å². The minimum absolute atomic E-state index is 0.0159. The van der Waals surface area contributed by atoms with Crippen molar-refractivity contribution in [2.24, 2.45) is 0 Å². The molecule has 0 bridgehead atoms. The molecular formula is C20H21N5O4. The van der Waals surface area contributed by atoms with Crippen LogP contribution >= 0.6 is 0 Å². The Hall–Kier alpha value is -3.33. The van der Waals surface area contributed by atoms with Gasteiger partial charge in [-0.25, -0.2) is 4.98 Å². The molecule has 1 aliphatic heterocycles. The third-order valence-corrected chi connectivity index (χ3v) is 4.60. The van der Waals surface area contributed by atoms with Crippen LogP contribution in [-0.4, -0.2) is 56.7 Å². The van der Waals surface area contributed by atoms with E-state index in [1.807, 2.05) is 35.2 Å². The molecule has 1 aliphatic rings. The Morgan fingerprint density at radius 2 is 2.00 bits per heavy atom. The molecule has 0 atom stereocenters. The van der Waals surface area contributed by atoms with E-state index in [-0.39, 0.29) is 25.2 Å². The quantitative estimate of drug-likeness (QED) is 0.599. The monoisotopic (exact) mass is 395 g/mol. The molecule has 0 aliphatic carbocycles. The first kappa shape index (κ1) is 19.0. The van der Waals surface area contributed by atoms with Gasteiger partial charge in [0, 0.05) is 25.5 Å². The molecule has 9 nitrogen and oxygen atoms in total. The predicted octanol–water partition coefficient (Wildman–Crippen LogP) is 2.11. The van der Waals surface area contributed by atoms with Crippen LogP contribution < -0.4 is 4.74 Å². The van der Waals surface area contributed by atoms with Gasteiger partial charge in [-0.05, 0) is 25.0 Å². The summed E-state index contributed by atoms with van der Waals surface area (Å²) in [6.45, 7) is 1.54. The number of hydrogen-bond acceptors (Lipinski definition) is 8. The lowest BCUT2D eigenvalue weighted by Gasteiger charge is -2.31. The molecular weight excluding hydrogens is 374 g/mol. The molecule has 0 spiro atoms. The van der Waals surface area contributed by atoms with E-state index in [4.69, 9.17) is 14.0 Å². The SMILES string of the molecule is O=C(COc1ccccc1)N1CCC(OCc2nc(-c3cnccn3)no2)CC1. The molecule has 150 valence electrons. The molecule has 0 radical (unpaired) electrons. The highest BCUT2D eigenvalue weighted by molar-refractivity contribution is 5.77. The fourth-order valence-corrected chi connectivity index (χ4v) is 3.05. The lowest BCUT2D eigenvalue weighted by atomic mass is 10.1. The van der Waals surface area contributed by atoms with Gasteiger partial charge in [0.1, 0.15) is 18.1 Å². The normalized spacial score (nSPS) is 14.7. The molecule has 1 aromatic carbocycles. The third-order valence-electron chi connectivity index (χ3n) is 4.60. The van der Waals surface area contributed by atoms with Crippen LogP contribution in [0, 0.1) is 0 Å². The molecule has 0 saturated carbocycles. The Morgan fingerprint density at radius 3 is 2.76 bits per heavy atom. The van der Waals surface area contributed by atoms with Crippen LogP contribution in [0.2, 0.25) is 0 Å². The van der Waals surface area contributed by atoms with Crippen molar-refractivity contribution in [3.8, 4) is 17.3 Å². The number of ether oxygens (including phenoxy) is 2. The van der Waals surface area contributed by atoms with Crippen LogP contribution in [0.1, 0.15) is 18.7 Å². The molecule has 1 amide bonds. The molecule has 2 aromatic heterocycles. The lowest BCUT2D eigenvalue weighted by molar-refractivity contribution is -0.136. The number of nitrogens with zero attached hydrogens (tertiary/aromatic N) is 5. The van der Waals surface area contributed by atoms with Crippen molar-refractivity contribution in [1.82, 2.24) is 25.0 Å². The molecule has 3 aromatic rings. The van der Waals surface area contributed by atoms with E-state index >= 15 is 0 Å². The van der Waals surface area contributed by atoms with E-state index in [0.717, 1.165) is 12.8 Å². The van der Waals surface area contributed by atoms with E-state index < -0.39 is 0 Å². The molecule has 9 heteroatoms. The van der Waals surface area contributed by atoms with Crippen LogP contribution in [0.5, 0.6) is 5.75 Å². The van der Waals surface area contributed by atoms with Crippen LogP contribution in [0.25, 0.3) is 11.5 Å². The van der Waals surface area contributed by atoms with E-state index in [1.54, 1.807) is 18.6 Å². The predicted molar refractivity (Wildman–Crippen MR) is 102 cm³/mol. The Bertz CT molecular complexity index is 911. The number of rotatable bonds is 7. The van der Waals surface area contributed by atoms with Crippen molar-refractivity contribution in [2.75, 3.05) is 19.7 Å². The number of carbonyl (C=O) groups excluding carboxylic acids is 1. The maximum absolute atomic E-state index is 12.3. The summed E-state index contributed by atoms with van der Waals surface area (Å²) < 4.78 is 16.6. The summed E-state index contributed by atoms with van der Waals surface area (Å²) in [6, 6.07) is 9.33. The molecule has 0 unspecified atom stereocenters. The van der Waals surface area contributed by atoms with Crippen molar-refractivity contribution < 1.29 is 18.8 Å². The number of piperidine rings is 1. The number of likely N-dealkylation sites (tertiary alicyclic amines) is 1. The summed E-state index contributed by atoms with van der Waals surface area (Å²) in [6.07, 6.45) is 6.27. The second kappa shape index (κ2) is 9.24. The number of carbonyl (C=O) groups is 1. The van der Waals surface area contributed by atoms with E-state index in [1.165, 1.54) is 0 Å². The highest BCUT2D eigenvalue weighted by Gasteiger charge is 2.24. The maximum Gasteiger partial charge on any atom is 0.260 e. The van der Waals surface area contributed by atoms with Crippen molar-refractivity contribution in [2.45, 2.75) is 25.6 Å². The van der Waals surface area contributed by atoms with Gasteiger partial charge in [0.05, 0.1) is 12.3 Å². The Kier molecular flexibility index (Phi) is 6.06. The molecule has 29 heavy (non-hydrogen) atoms. The van der Waals surface area contributed by atoms with Crippen LogP contribution in [0.15, 0.2) is 53.4 Å². The van der Waals surface area contributed by atoms with Gasteiger partial charge in [0.15, 0.2) is 6.61 Å².